The van der Waals surface area contributed by atoms with Crippen LogP contribution in [0.15, 0.2) is 41.3 Å². The lowest BCUT2D eigenvalue weighted by atomic mass is 9.99. The second kappa shape index (κ2) is 14.9. The number of sulfonamides is 1. The quantitative estimate of drug-likeness (QED) is 0.343. The van der Waals surface area contributed by atoms with E-state index >= 15 is 0 Å². The van der Waals surface area contributed by atoms with E-state index in [1.807, 2.05) is 20.8 Å². The monoisotopic (exact) mass is 578 g/mol. The molecular formula is C28H42N4O7S. The molecule has 1 aliphatic rings. The lowest BCUT2D eigenvalue weighted by Crippen LogP contribution is -2.57. The van der Waals surface area contributed by atoms with Crippen molar-refractivity contribution in [2.45, 2.75) is 76.9 Å². The van der Waals surface area contributed by atoms with Gasteiger partial charge in [-0.2, -0.15) is 4.31 Å². The van der Waals surface area contributed by atoms with E-state index < -0.39 is 51.8 Å². The molecule has 12 heteroatoms. The summed E-state index contributed by atoms with van der Waals surface area (Å²) in [5.74, 6) is -2.55. The molecule has 1 aliphatic heterocycles. The summed E-state index contributed by atoms with van der Waals surface area (Å²) in [6.07, 6.45) is 3.31. The molecule has 3 atom stereocenters. The summed E-state index contributed by atoms with van der Waals surface area (Å²) in [4.78, 5) is 51.8. The third-order valence-corrected chi connectivity index (χ3v) is 8.38. The predicted molar refractivity (Wildman–Crippen MR) is 150 cm³/mol. The van der Waals surface area contributed by atoms with Crippen molar-refractivity contribution >= 4 is 33.7 Å². The molecule has 222 valence electrons. The first-order valence-electron chi connectivity index (χ1n) is 13.5. The smallest absolute Gasteiger partial charge is 0.328 e. The predicted octanol–water partition coefficient (Wildman–Crippen LogP) is 1.67. The lowest BCUT2D eigenvalue weighted by Gasteiger charge is -2.28. The Bertz CT molecular complexity index is 1180. The Morgan fingerprint density at radius 1 is 1.00 bits per heavy atom. The zero-order chi connectivity index (χ0) is 30.0. The fourth-order valence-electron chi connectivity index (χ4n) is 4.19. The molecule has 0 saturated carbocycles. The van der Waals surface area contributed by atoms with Crippen LogP contribution in [0.2, 0.25) is 0 Å². The first kappa shape index (κ1) is 33.0. The molecule has 1 heterocycles. The van der Waals surface area contributed by atoms with Gasteiger partial charge < -0.3 is 20.7 Å². The number of nitrogens with one attached hydrogen (secondary N) is 3. The van der Waals surface area contributed by atoms with Crippen molar-refractivity contribution in [1.29, 1.82) is 0 Å². The minimum Gasteiger partial charge on any atom is -0.467 e. The number of hydrogen-bond donors (Lipinski definition) is 3. The molecule has 3 N–H and O–H groups in total. The minimum atomic E-state index is -3.96. The van der Waals surface area contributed by atoms with E-state index in [0.29, 0.717) is 6.42 Å². The first-order valence-corrected chi connectivity index (χ1v) is 14.9. The van der Waals surface area contributed by atoms with Crippen LogP contribution in [0.4, 0.5) is 0 Å². The number of carbonyl (C=O) groups is 4. The van der Waals surface area contributed by atoms with Gasteiger partial charge >= 0.3 is 5.97 Å². The number of nitrogens with zero attached hydrogens (tertiary/aromatic N) is 1. The molecule has 1 aromatic carbocycles. The second-order valence-electron chi connectivity index (χ2n) is 10.7. The maximum Gasteiger partial charge on any atom is 0.328 e. The molecule has 0 unspecified atom stereocenters. The van der Waals surface area contributed by atoms with Crippen LogP contribution in [-0.2, 0) is 33.9 Å². The van der Waals surface area contributed by atoms with E-state index in [0.717, 1.165) is 9.87 Å². The van der Waals surface area contributed by atoms with Crippen molar-refractivity contribution in [3.8, 4) is 0 Å². The van der Waals surface area contributed by atoms with Gasteiger partial charge in [-0.1, -0.05) is 57.5 Å². The van der Waals surface area contributed by atoms with Crippen molar-refractivity contribution in [3.63, 3.8) is 0 Å². The van der Waals surface area contributed by atoms with E-state index in [4.69, 9.17) is 4.74 Å². The van der Waals surface area contributed by atoms with Crippen molar-refractivity contribution in [2.75, 3.05) is 20.2 Å². The number of hydrogen-bond acceptors (Lipinski definition) is 7. The third kappa shape index (κ3) is 9.44. The summed E-state index contributed by atoms with van der Waals surface area (Å²) in [5, 5.41) is 8.07. The summed E-state index contributed by atoms with van der Waals surface area (Å²) in [7, 11) is -2.76. The van der Waals surface area contributed by atoms with Gasteiger partial charge in [0, 0.05) is 19.5 Å². The Hall–Kier alpha value is -3.25. The zero-order valence-corrected chi connectivity index (χ0v) is 24.9. The van der Waals surface area contributed by atoms with Crippen LogP contribution >= 0.6 is 0 Å². The van der Waals surface area contributed by atoms with Gasteiger partial charge in [0.1, 0.15) is 18.1 Å². The van der Waals surface area contributed by atoms with Crippen LogP contribution in [0.1, 0.15) is 52.5 Å². The fourth-order valence-corrected chi connectivity index (χ4v) is 5.59. The van der Waals surface area contributed by atoms with Crippen molar-refractivity contribution < 1.29 is 32.3 Å². The van der Waals surface area contributed by atoms with Gasteiger partial charge in [-0.3, -0.25) is 14.4 Å². The average molecular weight is 579 g/mol. The number of amides is 3. The highest BCUT2D eigenvalue weighted by atomic mass is 32.2. The zero-order valence-electron chi connectivity index (χ0n) is 24.1. The Morgan fingerprint density at radius 3 is 2.23 bits per heavy atom. The first-order chi connectivity index (χ1) is 18.8. The van der Waals surface area contributed by atoms with E-state index in [9.17, 15) is 27.6 Å². The number of aryl methyl sites for hydroxylation is 1. The molecular weight excluding hydrogens is 536 g/mol. The van der Waals surface area contributed by atoms with Crippen LogP contribution in [0.5, 0.6) is 0 Å². The molecule has 0 spiro atoms. The Morgan fingerprint density at radius 2 is 1.65 bits per heavy atom. The van der Waals surface area contributed by atoms with Crippen LogP contribution in [0.25, 0.3) is 0 Å². The number of rotatable bonds is 6. The van der Waals surface area contributed by atoms with Gasteiger partial charge in [-0.05, 0) is 43.7 Å². The molecule has 2 rings (SSSR count). The molecule has 0 radical (unpaired) electrons. The topological polar surface area (TPSA) is 151 Å². The Balaban J connectivity index is 2.46. The maximum absolute atomic E-state index is 13.4. The summed E-state index contributed by atoms with van der Waals surface area (Å²) in [6.45, 7) is 8.95. The second-order valence-corrected chi connectivity index (χ2v) is 12.6. The Kier molecular flexibility index (Phi) is 12.3. The van der Waals surface area contributed by atoms with E-state index in [1.54, 1.807) is 38.1 Å². The minimum absolute atomic E-state index is 0.0360. The highest BCUT2D eigenvalue weighted by molar-refractivity contribution is 7.89. The van der Waals surface area contributed by atoms with Crippen LogP contribution in [0, 0.1) is 18.8 Å². The molecule has 0 fully saturated rings. The molecule has 0 aliphatic carbocycles. The molecule has 0 aromatic heterocycles. The van der Waals surface area contributed by atoms with Crippen molar-refractivity contribution in [1.82, 2.24) is 20.3 Å². The molecule has 1 aromatic rings. The molecule has 11 nitrogen and oxygen atoms in total. The lowest BCUT2D eigenvalue weighted by molar-refractivity contribution is -0.145. The van der Waals surface area contributed by atoms with E-state index in [1.165, 1.54) is 19.2 Å². The van der Waals surface area contributed by atoms with Crippen LogP contribution in [-0.4, -0.2) is 74.7 Å². The summed E-state index contributed by atoms with van der Waals surface area (Å²) < 4.78 is 32.9. The van der Waals surface area contributed by atoms with Gasteiger partial charge in [0.25, 0.3) is 0 Å². The Labute approximate surface area is 237 Å². The largest absolute Gasteiger partial charge is 0.467 e. The molecule has 0 saturated heterocycles. The average Bonchev–Trinajstić information content (AvgIpc) is 2.88. The normalized spacial score (nSPS) is 22.5. The molecule has 0 bridgehead atoms. The number of methoxy groups -OCH3 is 1. The fraction of sp³-hybridized carbons (Fsp3) is 0.571. The SMILES string of the molecule is COC(=O)[C@H]1CC=CCN(S(=O)(=O)c2ccc(C)cc2)CCC(=O)N[C@@H](C(C)C)C(=O)N[C@@H](CC(C)C)C(=O)N1. The molecule has 40 heavy (non-hydrogen) atoms. The van der Waals surface area contributed by atoms with Gasteiger partial charge in [0.05, 0.1) is 12.0 Å². The number of esters is 1. The number of benzene rings is 1. The summed E-state index contributed by atoms with van der Waals surface area (Å²) >= 11 is 0. The van der Waals surface area contributed by atoms with Gasteiger partial charge in [0.15, 0.2) is 0 Å². The van der Waals surface area contributed by atoms with Crippen LogP contribution in [0.3, 0.4) is 0 Å². The maximum atomic E-state index is 13.4. The van der Waals surface area contributed by atoms with Gasteiger partial charge in [-0.25, -0.2) is 13.2 Å². The van der Waals surface area contributed by atoms with E-state index in [-0.39, 0.29) is 42.7 Å². The summed E-state index contributed by atoms with van der Waals surface area (Å²) in [6, 6.07) is 3.44. The van der Waals surface area contributed by atoms with Crippen LogP contribution < -0.4 is 16.0 Å². The molecule has 3 amide bonds. The summed E-state index contributed by atoms with van der Waals surface area (Å²) in [5.41, 5.74) is 0.899. The van der Waals surface area contributed by atoms with E-state index in [2.05, 4.69) is 16.0 Å². The number of carbonyl (C=O) groups excluding carboxylic acids is 4. The van der Waals surface area contributed by atoms with Crippen molar-refractivity contribution in [2.24, 2.45) is 11.8 Å². The standard InChI is InChI=1S/C28H42N4O7S/c1-18(2)17-23-26(34)29-22(28(36)39-6)9-7-8-15-32(40(37,38)21-12-10-20(5)11-13-21)16-14-24(33)31-25(19(3)4)27(35)30-23/h7-8,10-13,18-19,22-23,25H,9,14-17H2,1-6H3,(H,29,34)(H,30,35)(H,31,33)/t22-,23+,25+/m1/s1. The third-order valence-electron chi connectivity index (χ3n) is 6.50. The highest BCUT2D eigenvalue weighted by Crippen LogP contribution is 2.17. The number of ether oxygens (including phenoxy) is 1. The van der Waals surface area contributed by atoms with Gasteiger partial charge in [0.2, 0.25) is 27.7 Å². The van der Waals surface area contributed by atoms with Gasteiger partial charge in [-0.15, -0.1) is 0 Å². The highest BCUT2D eigenvalue weighted by Gasteiger charge is 2.32. The van der Waals surface area contributed by atoms with Crippen molar-refractivity contribution in [3.05, 3.63) is 42.0 Å².